The van der Waals surface area contributed by atoms with Crippen molar-refractivity contribution in [1.29, 1.82) is 0 Å². The number of hydrogen-bond donors (Lipinski definition) is 1. The Morgan fingerprint density at radius 2 is 2.12 bits per heavy atom. The molecule has 5 aliphatic rings. The van der Waals surface area contributed by atoms with E-state index in [2.05, 4.69) is 43.3 Å². The van der Waals surface area contributed by atoms with Crippen molar-refractivity contribution in [3.05, 3.63) is 46.2 Å². The number of halogens is 1. The van der Waals surface area contributed by atoms with E-state index in [0.29, 0.717) is 24.3 Å². The quantitative estimate of drug-likeness (QED) is 0.720. The van der Waals surface area contributed by atoms with Crippen LogP contribution in [0.3, 0.4) is 0 Å². The molecular weight excluding hydrogens is 313 g/mol. The van der Waals surface area contributed by atoms with Gasteiger partial charge >= 0.3 is 0 Å². The molecule has 3 aliphatic heterocycles. The van der Waals surface area contributed by atoms with Crippen molar-refractivity contribution in [2.45, 2.75) is 46.1 Å². The molecule has 0 bridgehead atoms. The molecule has 4 unspecified atom stereocenters. The number of nitrogens with zero attached hydrogens (tertiary/aromatic N) is 2. The molecule has 0 aromatic heterocycles. The summed E-state index contributed by atoms with van der Waals surface area (Å²) in [5, 5.41) is 3.15. The Labute approximate surface area is 149 Å². The molecule has 25 heavy (non-hydrogen) atoms. The fourth-order valence-electron chi connectivity index (χ4n) is 5.43. The van der Waals surface area contributed by atoms with Crippen LogP contribution in [0.2, 0.25) is 0 Å². The predicted octanol–water partition coefficient (Wildman–Crippen LogP) is 4.08. The van der Waals surface area contributed by atoms with Crippen LogP contribution in [0, 0.1) is 17.8 Å². The first-order valence-corrected chi connectivity index (χ1v) is 9.64. The predicted molar refractivity (Wildman–Crippen MR) is 98.6 cm³/mol. The van der Waals surface area contributed by atoms with Crippen LogP contribution in [0.25, 0.3) is 0 Å². The highest BCUT2D eigenvalue weighted by Crippen LogP contribution is 2.54. The van der Waals surface area contributed by atoms with Crippen molar-refractivity contribution < 1.29 is 4.39 Å². The lowest BCUT2D eigenvalue weighted by Gasteiger charge is -2.40. The Morgan fingerprint density at radius 1 is 1.28 bits per heavy atom. The van der Waals surface area contributed by atoms with Crippen molar-refractivity contribution >= 4 is 5.71 Å². The average Bonchev–Trinajstić information content (AvgIpc) is 2.80. The largest absolute Gasteiger partial charge is 0.384 e. The van der Waals surface area contributed by atoms with Gasteiger partial charge in [-0.05, 0) is 49.2 Å². The van der Waals surface area contributed by atoms with Crippen LogP contribution < -0.4 is 5.32 Å². The number of hydrogen-bond acceptors (Lipinski definition) is 3. The highest BCUT2D eigenvalue weighted by molar-refractivity contribution is 6.05. The molecule has 0 spiro atoms. The van der Waals surface area contributed by atoms with Crippen molar-refractivity contribution in [1.82, 2.24) is 10.2 Å². The van der Waals surface area contributed by atoms with Crippen LogP contribution in [0.5, 0.6) is 0 Å². The van der Waals surface area contributed by atoms with Crippen LogP contribution in [0.4, 0.5) is 4.39 Å². The molecule has 2 aliphatic carbocycles. The molecule has 3 nitrogen and oxygen atoms in total. The van der Waals surface area contributed by atoms with Gasteiger partial charge in [-0.25, -0.2) is 4.39 Å². The second kappa shape index (κ2) is 5.33. The SMILES string of the molecule is CC1=CCC(C)C2C1=NCC1=C3C(CCC1C)C1=CNCC(F)=C1N32. The van der Waals surface area contributed by atoms with Crippen LogP contribution >= 0.6 is 0 Å². The lowest BCUT2D eigenvalue weighted by Crippen LogP contribution is -2.45. The standard InChI is InChI=1S/C21H26FN3/c1-11-6-7-14-16-8-23-10-17(22)21(16)25-19-13(3)5-4-12(2)18(19)24-9-15(11)20(14)25/h4,8,11,13-14,19,23H,5-7,9-10H2,1-3H3. The normalized spacial score (nSPS) is 36.6. The maximum Gasteiger partial charge on any atom is 0.143 e. The zero-order valence-corrected chi connectivity index (χ0v) is 15.3. The summed E-state index contributed by atoms with van der Waals surface area (Å²) in [5.74, 6) is 1.32. The fourth-order valence-corrected chi connectivity index (χ4v) is 5.43. The Hall–Kier alpha value is -1.84. The fraction of sp³-hybridized carbons (Fsp3) is 0.571. The number of allylic oxidation sites excluding steroid dienone is 3. The summed E-state index contributed by atoms with van der Waals surface area (Å²) in [6.45, 7) is 7.86. The van der Waals surface area contributed by atoms with Gasteiger partial charge in [-0.2, -0.15) is 0 Å². The summed E-state index contributed by atoms with van der Waals surface area (Å²) in [6, 6.07) is 0.176. The van der Waals surface area contributed by atoms with E-state index < -0.39 is 0 Å². The second-order valence-electron chi connectivity index (χ2n) is 8.29. The first-order valence-electron chi connectivity index (χ1n) is 9.64. The van der Waals surface area contributed by atoms with Crippen LogP contribution in [-0.4, -0.2) is 29.7 Å². The number of nitrogens with one attached hydrogen (secondary N) is 1. The summed E-state index contributed by atoms with van der Waals surface area (Å²) >= 11 is 0. The van der Waals surface area contributed by atoms with Gasteiger partial charge in [0, 0.05) is 23.4 Å². The van der Waals surface area contributed by atoms with E-state index in [4.69, 9.17) is 4.99 Å². The molecule has 132 valence electrons. The van der Waals surface area contributed by atoms with Crippen molar-refractivity contribution in [3.63, 3.8) is 0 Å². The molecule has 1 saturated heterocycles. The van der Waals surface area contributed by atoms with Gasteiger partial charge in [0.25, 0.3) is 0 Å². The van der Waals surface area contributed by atoms with E-state index >= 15 is 4.39 Å². The monoisotopic (exact) mass is 339 g/mol. The van der Waals surface area contributed by atoms with Crippen molar-refractivity contribution in [2.75, 3.05) is 13.1 Å². The molecule has 1 fully saturated rings. The van der Waals surface area contributed by atoms with Gasteiger partial charge in [0.2, 0.25) is 0 Å². The Morgan fingerprint density at radius 3 is 2.96 bits per heavy atom. The summed E-state index contributed by atoms with van der Waals surface area (Å²) in [7, 11) is 0. The van der Waals surface area contributed by atoms with Crippen LogP contribution in [0.1, 0.15) is 40.0 Å². The first-order chi connectivity index (χ1) is 12.1. The maximum atomic E-state index is 15.0. The van der Waals surface area contributed by atoms with E-state index in [9.17, 15) is 0 Å². The molecule has 0 saturated carbocycles. The van der Waals surface area contributed by atoms with E-state index in [1.165, 1.54) is 34.5 Å². The third-order valence-corrected chi connectivity index (χ3v) is 6.78. The molecule has 5 rings (SSSR count). The summed E-state index contributed by atoms with van der Waals surface area (Å²) in [5.41, 5.74) is 7.30. The van der Waals surface area contributed by atoms with Gasteiger partial charge in [0.15, 0.2) is 0 Å². The maximum absolute atomic E-state index is 15.0. The van der Waals surface area contributed by atoms with Crippen molar-refractivity contribution in [2.24, 2.45) is 22.7 Å². The molecule has 0 aromatic rings. The van der Waals surface area contributed by atoms with E-state index in [-0.39, 0.29) is 11.9 Å². The smallest absolute Gasteiger partial charge is 0.143 e. The third kappa shape index (κ3) is 2.00. The van der Waals surface area contributed by atoms with Gasteiger partial charge in [-0.15, -0.1) is 0 Å². The molecular formula is C21H26FN3. The average molecular weight is 339 g/mol. The van der Waals surface area contributed by atoms with Gasteiger partial charge in [0.1, 0.15) is 5.83 Å². The topological polar surface area (TPSA) is 27.6 Å². The molecule has 3 heterocycles. The van der Waals surface area contributed by atoms with Gasteiger partial charge < -0.3 is 10.2 Å². The number of fused-ring (bicyclic) bond motifs is 5. The Kier molecular flexibility index (Phi) is 3.28. The van der Waals surface area contributed by atoms with Crippen molar-refractivity contribution in [3.8, 4) is 0 Å². The van der Waals surface area contributed by atoms with E-state index in [1.807, 2.05) is 0 Å². The molecule has 4 heteroatoms. The van der Waals surface area contributed by atoms with Crippen LogP contribution in [0.15, 0.2) is 51.2 Å². The zero-order valence-electron chi connectivity index (χ0n) is 15.3. The van der Waals surface area contributed by atoms with Gasteiger partial charge in [-0.3, -0.25) is 4.99 Å². The van der Waals surface area contributed by atoms with Gasteiger partial charge in [0.05, 0.1) is 30.5 Å². The lowest BCUT2D eigenvalue weighted by molar-refractivity contribution is 0.287. The third-order valence-electron chi connectivity index (χ3n) is 6.78. The Bertz CT molecular complexity index is 798. The highest BCUT2D eigenvalue weighted by Gasteiger charge is 2.50. The number of rotatable bonds is 0. The molecule has 4 atom stereocenters. The highest BCUT2D eigenvalue weighted by atomic mass is 19.1. The van der Waals surface area contributed by atoms with E-state index in [0.717, 1.165) is 25.1 Å². The summed E-state index contributed by atoms with van der Waals surface area (Å²) < 4.78 is 15.0. The summed E-state index contributed by atoms with van der Waals surface area (Å²) in [6.07, 6.45) is 7.72. The second-order valence-corrected chi connectivity index (χ2v) is 8.29. The first kappa shape index (κ1) is 15.4. The molecule has 0 aromatic carbocycles. The number of aliphatic imine (C=N–C) groups is 1. The molecule has 0 radical (unpaired) electrons. The van der Waals surface area contributed by atoms with Gasteiger partial charge in [-0.1, -0.05) is 19.9 Å². The minimum atomic E-state index is -0.00735. The van der Waals surface area contributed by atoms with E-state index in [1.54, 1.807) is 0 Å². The molecule has 1 N–H and O–H groups in total. The number of dihydropyridines is 1. The lowest BCUT2D eigenvalue weighted by atomic mass is 9.79. The summed E-state index contributed by atoms with van der Waals surface area (Å²) in [4.78, 5) is 7.44. The zero-order chi connectivity index (χ0) is 17.3. The minimum Gasteiger partial charge on any atom is -0.384 e. The Balaban J connectivity index is 1.78. The molecule has 0 amide bonds. The van der Waals surface area contributed by atoms with Crippen LogP contribution in [-0.2, 0) is 0 Å². The minimum absolute atomic E-state index is 0.00735.